The zero-order chi connectivity index (χ0) is 18.5. The molecule has 0 unspecified atom stereocenters. The molecule has 2 aromatic rings. The van der Waals surface area contributed by atoms with Gasteiger partial charge in [-0.05, 0) is 18.3 Å². The summed E-state index contributed by atoms with van der Waals surface area (Å²) in [4.78, 5) is 37.9. The van der Waals surface area contributed by atoms with E-state index >= 15 is 0 Å². The number of carbonyl (C=O) groups is 1. The molecule has 1 aliphatic rings. The Labute approximate surface area is 145 Å². The van der Waals surface area contributed by atoms with Gasteiger partial charge in [-0.2, -0.15) is 0 Å². The molecule has 0 bridgehead atoms. The van der Waals surface area contributed by atoms with Gasteiger partial charge in [-0.3, -0.25) is 18.8 Å². The van der Waals surface area contributed by atoms with Crippen LogP contribution in [0.1, 0.15) is 0 Å². The number of benzene rings is 1. The highest BCUT2D eigenvalue weighted by Crippen LogP contribution is 2.35. The number of hydrogen-bond acceptors (Lipinski definition) is 5. The highest BCUT2D eigenvalue weighted by atomic mass is 32.1. The van der Waals surface area contributed by atoms with Crippen molar-refractivity contribution in [2.24, 2.45) is 14.1 Å². The van der Waals surface area contributed by atoms with Crippen molar-refractivity contribution in [3.8, 4) is 11.4 Å². The third-order valence-electron chi connectivity index (χ3n) is 3.86. The molecule has 8 nitrogen and oxygen atoms in total. The molecule has 0 saturated carbocycles. The van der Waals surface area contributed by atoms with Crippen LogP contribution in [-0.2, 0) is 18.9 Å². The van der Waals surface area contributed by atoms with Crippen LogP contribution in [0.2, 0.25) is 0 Å². The summed E-state index contributed by atoms with van der Waals surface area (Å²) in [6, 6.07) is 2.20. The Balaban J connectivity index is 2.38. The molecule has 130 valence electrons. The Morgan fingerprint density at radius 1 is 1.16 bits per heavy atom. The van der Waals surface area contributed by atoms with Gasteiger partial charge in [0.15, 0.2) is 17.2 Å². The predicted octanol–water partition coefficient (Wildman–Crippen LogP) is 0.612. The number of ether oxygens (including phenoxy) is 1. The van der Waals surface area contributed by atoms with E-state index in [2.05, 4.69) is 6.58 Å². The number of fused-ring (bicyclic) bond motifs is 1. The van der Waals surface area contributed by atoms with E-state index in [1.54, 1.807) is 0 Å². The van der Waals surface area contributed by atoms with Crippen molar-refractivity contribution in [3.63, 3.8) is 0 Å². The maximum absolute atomic E-state index is 14.6. The van der Waals surface area contributed by atoms with Crippen LogP contribution in [0.15, 0.2) is 34.5 Å². The highest BCUT2D eigenvalue weighted by molar-refractivity contribution is 7.71. The lowest BCUT2D eigenvalue weighted by Crippen LogP contribution is -2.44. The molecular weight excluding hydrogens is 351 g/mol. The van der Waals surface area contributed by atoms with Gasteiger partial charge in [0.1, 0.15) is 5.75 Å². The third-order valence-corrected chi connectivity index (χ3v) is 4.41. The SMILES string of the molecule is C=CN1C(=O)COc2cc(F)c(-n3c(=O)n(C)c(=S)n(C)c3=O)cc21. The van der Waals surface area contributed by atoms with E-state index in [4.69, 9.17) is 17.0 Å². The number of carbonyl (C=O) groups excluding carboxylic acids is 1. The number of rotatable bonds is 2. The van der Waals surface area contributed by atoms with Gasteiger partial charge in [0.05, 0.1) is 11.4 Å². The summed E-state index contributed by atoms with van der Waals surface area (Å²) in [6.45, 7) is 3.27. The molecule has 0 fully saturated rings. The quantitative estimate of drug-likeness (QED) is 0.730. The molecule has 0 saturated heterocycles. The molecular formula is C15H13FN4O4S. The van der Waals surface area contributed by atoms with Crippen LogP contribution in [0.3, 0.4) is 0 Å². The summed E-state index contributed by atoms with van der Waals surface area (Å²) in [5, 5.41) is 0. The summed E-state index contributed by atoms with van der Waals surface area (Å²) < 4.78 is 22.5. The van der Waals surface area contributed by atoms with Gasteiger partial charge in [0, 0.05) is 26.4 Å². The maximum atomic E-state index is 14.6. The Bertz CT molecular complexity index is 1060. The molecule has 0 radical (unpaired) electrons. The Morgan fingerprint density at radius 3 is 2.32 bits per heavy atom. The van der Waals surface area contributed by atoms with Crippen LogP contribution >= 0.6 is 12.2 Å². The summed E-state index contributed by atoms with van der Waals surface area (Å²) in [5.74, 6) is -1.16. The normalized spacial score (nSPS) is 13.4. The molecule has 0 aliphatic carbocycles. The first-order valence-electron chi connectivity index (χ1n) is 7.08. The summed E-state index contributed by atoms with van der Waals surface area (Å²) >= 11 is 4.99. The number of nitrogens with zero attached hydrogens (tertiary/aromatic N) is 4. The standard InChI is InChI=1S/C15H13FN4O4S/c1-4-19-10-6-9(8(16)5-11(10)24-7-12(19)21)20-13(22)17(2)15(25)18(3)14(20)23/h4-6H,1,7H2,2-3H3. The fraction of sp³-hybridized carbons (Fsp3) is 0.200. The summed E-state index contributed by atoms with van der Waals surface area (Å²) in [6.07, 6.45) is 1.25. The van der Waals surface area contributed by atoms with Crippen LogP contribution in [-0.4, -0.2) is 26.2 Å². The van der Waals surface area contributed by atoms with E-state index in [1.807, 2.05) is 0 Å². The molecule has 3 rings (SSSR count). The van der Waals surface area contributed by atoms with Crippen molar-refractivity contribution >= 4 is 23.8 Å². The minimum absolute atomic E-state index is 0.00385. The average molecular weight is 364 g/mol. The minimum atomic E-state index is -0.853. The zero-order valence-corrected chi connectivity index (χ0v) is 14.2. The highest BCUT2D eigenvalue weighted by Gasteiger charge is 2.27. The largest absolute Gasteiger partial charge is 0.481 e. The van der Waals surface area contributed by atoms with Crippen molar-refractivity contribution in [1.29, 1.82) is 0 Å². The van der Waals surface area contributed by atoms with Crippen molar-refractivity contribution < 1.29 is 13.9 Å². The third kappa shape index (κ3) is 2.41. The van der Waals surface area contributed by atoms with E-state index in [1.165, 1.54) is 31.3 Å². The Kier molecular flexibility index (Phi) is 3.91. The van der Waals surface area contributed by atoms with Crippen molar-refractivity contribution in [2.75, 3.05) is 11.5 Å². The first-order chi connectivity index (χ1) is 11.8. The second kappa shape index (κ2) is 5.81. The fourth-order valence-electron chi connectivity index (χ4n) is 2.53. The van der Waals surface area contributed by atoms with Crippen molar-refractivity contribution in [1.82, 2.24) is 13.7 Å². The van der Waals surface area contributed by atoms with Gasteiger partial charge >= 0.3 is 11.4 Å². The van der Waals surface area contributed by atoms with Gasteiger partial charge in [-0.15, -0.1) is 0 Å². The molecule has 0 atom stereocenters. The van der Waals surface area contributed by atoms with Gasteiger partial charge in [-0.25, -0.2) is 18.5 Å². The summed E-state index contributed by atoms with van der Waals surface area (Å²) in [5.41, 5.74) is -1.75. The van der Waals surface area contributed by atoms with Crippen molar-refractivity contribution in [2.45, 2.75) is 0 Å². The lowest BCUT2D eigenvalue weighted by molar-refractivity contribution is -0.120. The smallest absolute Gasteiger partial charge is 0.338 e. The molecule has 0 N–H and O–H groups in total. The van der Waals surface area contributed by atoms with Crippen molar-refractivity contribution in [3.05, 3.63) is 56.5 Å². The number of halogens is 1. The molecule has 25 heavy (non-hydrogen) atoms. The van der Waals surface area contributed by atoms with E-state index in [0.717, 1.165) is 15.2 Å². The van der Waals surface area contributed by atoms with Gasteiger partial charge < -0.3 is 4.74 Å². The molecule has 10 heteroatoms. The van der Waals surface area contributed by atoms with Crippen LogP contribution in [0, 0.1) is 10.6 Å². The molecule has 1 amide bonds. The van der Waals surface area contributed by atoms with E-state index < -0.39 is 23.1 Å². The molecule has 2 heterocycles. The maximum Gasteiger partial charge on any atom is 0.338 e. The molecule has 1 aromatic heterocycles. The van der Waals surface area contributed by atoms with Crippen LogP contribution in [0.5, 0.6) is 5.75 Å². The topological polar surface area (TPSA) is 78.5 Å². The Morgan fingerprint density at radius 2 is 1.76 bits per heavy atom. The van der Waals surface area contributed by atoms with E-state index in [-0.39, 0.29) is 28.5 Å². The lowest BCUT2D eigenvalue weighted by Gasteiger charge is -2.27. The minimum Gasteiger partial charge on any atom is -0.481 e. The average Bonchev–Trinajstić information content (AvgIpc) is 2.59. The van der Waals surface area contributed by atoms with Gasteiger partial charge in [-0.1, -0.05) is 6.58 Å². The van der Waals surface area contributed by atoms with E-state index in [9.17, 15) is 18.8 Å². The van der Waals surface area contributed by atoms with Crippen LogP contribution in [0.25, 0.3) is 5.69 Å². The fourth-order valence-corrected chi connectivity index (χ4v) is 2.68. The number of amides is 1. The predicted molar refractivity (Wildman–Crippen MR) is 90.2 cm³/mol. The van der Waals surface area contributed by atoms with Crippen LogP contribution in [0.4, 0.5) is 10.1 Å². The number of hydrogen-bond donors (Lipinski definition) is 0. The molecule has 1 aliphatic heterocycles. The first kappa shape index (κ1) is 16.8. The van der Waals surface area contributed by atoms with Gasteiger partial charge in [0.2, 0.25) is 0 Å². The lowest BCUT2D eigenvalue weighted by atomic mass is 10.2. The zero-order valence-electron chi connectivity index (χ0n) is 13.4. The number of aromatic nitrogens is 3. The number of anilines is 1. The second-order valence-corrected chi connectivity index (χ2v) is 5.67. The second-order valence-electron chi connectivity index (χ2n) is 5.31. The van der Waals surface area contributed by atoms with Gasteiger partial charge in [0.25, 0.3) is 5.91 Å². The molecule has 1 aromatic carbocycles. The Hall–Kier alpha value is -3.01. The monoisotopic (exact) mass is 364 g/mol. The molecule has 0 spiro atoms. The van der Waals surface area contributed by atoms with E-state index in [0.29, 0.717) is 4.57 Å². The van der Waals surface area contributed by atoms with Crippen LogP contribution < -0.4 is 21.0 Å². The summed E-state index contributed by atoms with van der Waals surface area (Å²) in [7, 11) is 2.75. The first-order valence-corrected chi connectivity index (χ1v) is 7.49.